The summed E-state index contributed by atoms with van der Waals surface area (Å²) in [5, 5.41) is 17.9. The van der Waals surface area contributed by atoms with Gasteiger partial charge in [-0.15, -0.1) is 0 Å². The van der Waals surface area contributed by atoms with E-state index >= 15 is 0 Å². The van der Waals surface area contributed by atoms with Gasteiger partial charge in [-0.25, -0.2) is 4.39 Å². The van der Waals surface area contributed by atoms with Gasteiger partial charge in [0.05, 0.1) is 17.2 Å². The third-order valence-corrected chi connectivity index (χ3v) is 2.83. The highest BCUT2D eigenvalue weighted by Crippen LogP contribution is 2.30. The summed E-state index contributed by atoms with van der Waals surface area (Å²) in [7, 11) is 0. The molecule has 0 saturated heterocycles. The van der Waals surface area contributed by atoms with Crippen LogP contribution in [0.2, 0.25) is 0 Å². The molecule has 0 bridgehead atoms. The molecule has 0 aliphatic rings. The van der Waals surface area contributed by atoms with E-state index in [0.29, 0.717) is 22.3 Å². The molecule has 0 aromatic heterocycles. The predicted molar refractivity (Wildman–Crippen MR) is 66.0 cm³/mol. The summed E-state index contributed by atoms with van der Waals surface area (Å²) in [6, 6.07) is 14.0. The Morgan fingerprint density at radius 3 is 2.17 bits per heavy atom. The highest BCUT2D eigenvalue weighted by molar-refractivity contribution is 5.72. The molecule has 0 N–H and O–H groups in total. The number of hydrogen-bond acceptors (Lipinski definition) is 2. The van der Waals surface area contributed by atoms with Gasteiger partial charge in [-0.3, -0.25) is 0 Å². The van der Waals surface area contributed by atoms with Crippen molar-refractivity contribution in [3.63, 3.8) is 0 Å². The Morgan fingerprint density at radius 2 is 1.61 bits per heavy atom. The lowest BCUT2D eigenvalue weighted by Crippen LogP contribution is -1.97. The van der Waals surface area contributed by atoms with Gasteiger partial charge >= 0.3 is 0 Å². The third-order valence-electron chi connectivity index (χ3n) is 2.83. The van der Waals surface area contributed by atoms with Gasteiger partial charge in [0.15, 0.2) is 0 Å². The molecule has 0 aliphatic heterocycles. The third kappa shape index (κ3) is 1.83. The molecule has 0 fully saturated rings. The molecular formula is C15H9FN2. The fraction of sp³-hybridized carbons (Fsp3) is 0.0667. The van der Waals surface area contributed by atoms with Gasteiger partial charge in [0.2, 0.25) is 0 Å². The molecule has 0 heterocycles. The molecule has 0 aliphatic carbocycles. The van der Waals surface area contributed by atoms with Crippen molar-refractivity contribution in [2.75, 3.05) is 0 Å². The fourth-order valence-electron chi connectivity index (χ4n) is 1.90. The average molecular weight is 236 g/mol. The lowest BCUT2D eigenvalue weighted by atomic mass is 9.93. The Hall–Kier alpha value is -2.65. The lowest BCUT2D eigenvalue weighted by molar-refractivity contribution is 0.626. The minimum atomic E-state index is -0.569. The maximum Gasteiger partial charge on any atom is 0.149 e. The van der Waals surface area contributed by atoms with Gasteiger partial charge in [-0.1, -0.05) is 30.3 Å². The average Bonchev–Trinajstić information content (AvgIpc) is 2.40. The molecule has 3 heteroatoms. The molecular weight excluding hydrogens is 227 g/mol. The molecule has 0 saturated carbocycles. The summed E-state index contributed by atoms with van der Waals surface area (Å²) >= 11 is 0. The monoisotopic (exact) mass is 236 g/mol. The van der Waals surface area contributed by atoms with Gasteiger partial charge in [0.25, 0.3) is 0 Å². The zero-order valence-corrected chi connectivity index (χ0v) is 9.74. The van der Waals surface area contributed by atoms with E-state index in [2.05, 4.69) is 0 Å². The summed E-state index contributed by atoms with van der Waals surface area (Å²) in [5.74, 6) is -0.569. The molecule has 2 aromatic rings. The molecule has 0 spiro atoms. The molecule has 0 atom stereocenters. The van der Waals surface area contributed by atoms with E-state index in [4.69, 9.17) is 10.5 Å². The molecule has 0 unspecified atom stereocenters. The zero-order valence-electron chi connectivity index (χ0n) is 9.74. The van der Waals surface area contributed by atoms with Crippen molar-refractivity contribution < 1.29 is 4.39 Å². The van der Waals surface area contributed by atoms with Crippen LogP contribution in [0.15, 0.2) is 36.4 Å². The maximum absolute atomic E-state index is 14.2. The first-order valence-electron chi connectivity index (χ1n) is 5.37. The minimum Gasteiger partial charge on any atom is -0.205 e. The van der Waals surface area contributed by atoms with Crippen LogP contribution in [0.5, 0.6) is 0 Å². The minimum absolute atomic E-state index is 0.101. The second-order valence-electron chi connectivity index (χ2n) is 3.88. The van der Waals surface area contributed by atoms with Gasteiger partial charge in [-0.05, 0) is 24.1 Å². The van der Waals surface area contributed by atoms with Crippen LogP contribution in [0, 0.1) is 35.4 Å². The zero-order chi connectivity index (χ0) is 13.1. The Kier molecular flexibility index (Phi) is 3.08. The van der Waals surface area contributed by atoms with E-state index in [9.17, 15) is 4.39 Å². The number of hydrogen-bond donors (Lipinski definition) is 0. The maximum atomic E-state index is 14.2. The molecule has 2 aromatic carbocycles. The van der Waals surface area contributed by atoms with Crippen molar-refractivity contribution in [3.8, 4) is 23.3 Å². The van der Waals surface area contributed by atoms with E-state index in [1.807, 2.05) is 12.1 Å². The smallest absolute Gasteiger partial charge is 0.149 e. The first-order chi connectivity index (χ1) is 8.69. The highest BCUT2D eigenvalue weighted by atomic mass is 19.1. The van der Waals surface area contributed by atoms with Crippen LogP contribution in [-0.2, 0) is 0 Å². The number of halogens is 1. The van der Waals surface area contributed by atoms with E-state index in [1.54, 1.807) is 37.3 Å². The highest BCUT2D eigenvalue weighted by Gasteiger charge is 2.16. The second kappa shape index (κ2) is 4.69. The van der Waals surface area contributed by atoms with Gasteiger partial charge in [0.1, 0.15) is 11.9 Å². The van der Waals surface area contributed by atoms with Crippen LogP contribution >= 0.6 is 0 Å². The van der Waals surface area contributed by atoms with Crippen LogP contribution in [0.4, 0.5) is 4.39 Å². The lowest BCUT2D eigenvalue weighted by Gasteiger charge is -2.10. The van der Waals surface area contributed by atoms with Gasteiger partial charge in [0, 0.05) is 5.56 Å². The summed E-state index contributed by atoms with van der Waals surface area (Å²) in [5.41, 5.74) is 1.77. The van der Waals surface area contributed by atoms with Crippen molar-refractivity contribution >= 4 is 0 Å². The largest absolute Gasteiger partial charge is 0.205 e. The topological polar surface area (TPSA) is 47.6 Å². The van der Waals surface area contributed by atoms with Crippen molar-refractivity contribution in [1.29, 1.82) is 10.5 Å². The molecule has 86 valence electrons. The van der Waals surface area contributed by atoms with Crippen molar-refractivity contribution in [2.24, 2.45) is 0 Å². The van der Waals surface area contributed by atoms with Crippen LogP contribution < -0.4 is 0 Å². The fourth-order valence-corrected chi connectivity index (χ4v) is 1.90. The first kappa shape index (κ1) is 11.8. The van der Waals surface area contributed by atoms with E-state index in [0.717, 1.165) is 0 Å². The Bertz CT molecular complexity index is 638. The number of rotatable bonds is 1. The molecule has 2 rings (SSSR count). The SMILES string of the molecule is Cc1c(C#N)cc(C#N)c(F)c1-c1ccccc1. The van der Waals surface area contributed by atoms with Crippen LogP contribution in [-0.4, -0.2) is 0 Å². The summed E-state index contributed by atoms with van der Waals surface area (Å²) in [4.78, 5) is 0. The summed E-state index contributed by atoms with van der Waals surface area (Å²) in [6.45, 7) is 1.69. The van der Waals surface area contributed by atoms with Gasteiger partial charge in [-0.2, -0.15) is 10.5 Å². The van der Waals surface area contributed by atoms with Crippen molar-refractivity contribution in [3.05, 3.63) is 58.9 Å². The van der Waals surface area contributed by atoms with Crippen molar-refractivity contribution in [1.82, 2.24) is 0 Å². The molecule has 18 heavy (non-hydrogen) atoms. The quantitative estimate of drug-likeness (QED) is 0.760. The Labute approximate surface area is 105 Å². The predicted octanol–water partition coefficient (Wildman–Crippen LogP) is 3.54. The molecule has 2 nitrogen and oxygen atoms in total. The van der Waals surface area contributed by atoms with Gasteiger partial charge < -0.3 is 0 Å². The van der Waals surface area contributed by atoms with Crippen LogP contribution in [0.1, 0.15) is 16.7 Å². The number of benzene rings is 2. The Morgan fingerprint density at radius 1 is 1.00 bits per heavy atom. The Balaban J connectivity index is 2.83. The molecule has 0 amide bonds. The number of nitriles is 2. The molecule has 0 radical (unpaired) electrons. The van der Waals surface area contributed by atoms with E-state index in [-0.39, 0.29) is 5.56 Å². The first-order valence-corrected chi connectivity index (χ1v) is 5.37. The number of nitrogens with zero attached hydrogens (tertiary/aromatic N) is 2. The standard InChI is InChI=1S/C15H9FN2/c1-10-12(8-17)7-13(9-18)15(16)14(10)11-5-3-2-4-6-11/h2-7H,1H3. The summed E-state index contributed by atoms with van der Waals surface area (Å²) in [6.07, 6.45) is 0. The van der Waals surface area contributed by atoms with E-state index in [1.165, 1.54) is 6.07 Å². The van der Waals surface area contributed by atoms with Crippen LogP contribution in [0.3, 0.4) is 0 Å². The van der Waals surface area contributed by atoms with Crippen molar-refractivity contribution in [2.45, 2.75) is 6.92 Å². The second-order valence-corrected chi connectivity index (χ2v) is 3.88. The van der Waals surface area contributed by atoms with E-state index < -0.39 is 5.82 Å². The normalized spacial score (nSPS) is 9.56. The van der Waals surface area contributed by atoms with Crippen LogP contribution in [0.25, 0.3) is 11.1 Å². The summed E-state index contributed by atoms with van der Waals surface area (Å²) < 4.78 is 14.2.